The normalized spacial score (nSPS) is 13.9. The third-order valence-corrected chi connectivity index (χ3v) is 3.99. The largest absolute Gasteiger partial charge is 0.321 e. The number of hydrogen-bond donors (Lipinski definition) is 1. The maximum Gasteiger partial charge on any atom is 0.255 e. The first-order valence-corrected chi connectivity index (χ1v) is 7.84. The molecule has 1 saturated heterocycles. The van der Waals surface area contributed by atoms with Gasteiger partial charge in [0.2, 0.25) is 11.8 Å². The molecule has 2 aromatic rings. The number of rotatable bonds is 4. The molecule has 1 aliphatic heterocycles. The quantitative estimate of drug-likeness (QED) is 0.687. The fraction of sp³-hybridized carbons (Fsp3) is 0.158. The molecule has 1 aliphatic rings. The lowest BCUT2D eigenvalue weighted by atomic mass is 10.1. The van der Waals surface area contributed by atoms with Crippen molar-refractivity contribution in [3.8, 4) is 0 Å². The van der Waals surface area contributed by atoms with E-state index in [1.54, 1.807) is 48.5 Å². The summed E-state index contributed by atoms with van der Waals surface area (Å²) in [6, 6.07) is 13.0. The van der Waals surface area contributed by atoms with Crippen molar-refractivity contribution in [1.82, 2.24) is 0 Å². The lowest BCUT2D eigenvalue weighted by molar-refractivity contribution is -0.121. The SMILES string of the molecule is CC(=O)c1ccccc1NC(=O)c1ccc(N2C(=O)CCC2=O)cc1. The Labute approximate surface area is 144 Å². The summed E-state index contributed by atoms with van der Waals surface area (Å²) < 4.78 is 0. The minimum Gasteiger partial charge on any atom is -0.321 e. The molecule has 1 N–H and O–H groups in total. The van der Waals surface area contributed by atoms with Crippen molar-refractivity contribution in [1.29, 1.82) is 0 Å². The molecule has 2 aromatic carbocycles. The standard InChI is InChI=1S/C19H16N2O4/c1-12(22)15-4-2-3-5-16(15)20-19(25)13-6-8-14(9-7-13)21-17(23)10-11-18(21)24/h2-9H,10-11H2,1H3,(H,20,25). The van der Waals surface area contributed by atoms with Crippen molar-refractivity contribution in [2.45, 2.75) is 19.8 Å². The number of para-hydroxylation sites is 1. The zero-order chi connectivity index (χ0) is 18.0. The van der Waals surface area contributed by atoms with Crippen molar-refractivity contribution < 1.29 is 19.2 Å². The molecule has 3 rings (SSSR count). The van der Waals surface area contributed by atoms with Crippen LogP contribution in [0, 0.1) is 0 Å². The van der Waals surface area contributed by atoms with E-state index in [-0.39, 0.29) is 36.3 Å². The number of imide groups is 1. The third-order valence-electron chi connectivity index (χ3n) is 3.99. The number of Topliss-reactive ketones (excluding diaryl/α,β-unsaturated/α-hetero) is 1. The van der Waals surface area contributed by atoms with E-state index in [9.17, 15) is 19.2 Å². The highest BCUT2D eigenvalue weighted by Gasteiger charge is 2.30. The summed E-state index contributed by atoms with van der Waals surface area (Å²) in [6.45, 7) is 1.43. The summed E-state index contributed by atoms with van der Waals surface area (Å²) in [4.78, 5) is 48.6. The first kappa shape index (κ1) is 16.6. The Morgan fingerprint density at radius 1 is 0.920 bits per heavy atom. The first-order chi connectivity index (χ1) is 12.0. The molecule has 1 heterocycles. The van der Waals surface area contributed by atoms with Crippen molar-refractivity contribution in [3.05, 3.63) is 59.7 Å². The van der Waals surface area contributed by atoms with Crippen molar-refractivity contribution >= 4 is 34.9 Å². The Morgan fingerprint density at radius 2 is 1.52 bits per heavy atom. The molecule has 0 aromatic heterocycles. The van der Waals surface area contributed by atoms with Gasteiger partial charge in [0.05, 0.1) is 11.4 Å². The van der Waals surface area contributed by atoms with Gasteiger partial charge in [0.1, 0.15) is 0 Å². The number of ketones is 1. The van der Waals surface area contributed by atoms with Crippen LogP contribution in [0.25, 0.3) is 0 Å². The van der Waals surface area contributed by atoms with Crippen molar-refractivity contribution in [3.63, 3.8) is 0 Å². The van der Waals surface area contributed by atoms with Crippen LogP contribution in [0.2, 0.25) is 0 Å². The summed E-state index contributed by atoms with van der Waals surface area (Å²) in [5.74, 6) is -0.994. The van der Waals surface area contributed by atoms with Gasteiger partial charge in [-0.2, -0.15) is 0 Å². The molecule has 0 spiro atoms. The maximum atomic E-state index is 12.4. The van der Waals surface area contributed by atoms with Crippen LogP contribution >= 0.6 is 0 Å². The lowest BCUT2D eigenvalue weighted by Gasteiger charge is -2.14. The summed E-state index contributed by atoms with van der Waals surface area (Å²) in [6.07, 6.45) is 0.422. The Morgan fingerprint density at radius 3 is 2.12 bits per heavy atom. The van der Waals surface area contributed by atoms with E-state index in [1.807, 2.05) is 0 Å². The number of benzene rings is 2. The van der Waals surface area contributed by atoms with Crippen molar-refractivity contribution in [2.75, 3.05) is 10.2 Å². The summed E-state index contributed by atoms with van der Waals surface area (Å²) in [5.41, 5.74) is 1.68. The van der Waals surface area contributed by atoms with Crippen LogP contribution in [0.4, 0.5) is 11.4 Å². The van der Waals surface area contributed by atoms with Crippen LogP contribution in [-0.2, 0) is 9.59 Å². The number of nitrogens with zero attached hydrogens (tertiary/aromatic N) is 1. The molecule has 6 heteroatoms. The predicted octanol–water partition coefficient (Wildman–Crippen LogP) is 2.79. The van der Waals surface area contributed by atoms with Gasteiger partial charge in [0.15, 0.2) is 5.78 Å². The molecule has 0 aliphatic carbocycles. The van der Waals surface area contributed by atoms with Crippen LogP contribution in [0.3, 0.4) is 0 Å². The minimum atomic E-state index is -0.376. The van der Waals surface area contributed by atoms with E-state index < -0.39 is 0 Å². The second-order valence-electron chi connectivity index (χ2n) is 5.73. The molecule has 25 heavy (non-hydrogen) atoms. The van der Waals surface area contributed by atoms with Crippen LogP contribution in [0.5, 0.6) is 0 Å². The van der Waals surface area contributed by atoms with Gasteiger partial charge in [-0.1, -0.05) is 12.1 Å². The second-order valence-corrected chi connectivity index (χ2v) is 5.73. The van der Waals surface area contributed by atoms with Crippen LogP contribution in [0.15, 0.2) is 48.5 Å². The van der Waals surface area contributed by atoms with E-state index >= 15 is 0 Å². The van der Waals surface area contributed by atoms with Crippen molar-refractivity contribution in [2.24, 2.45) is 0 Å². The number of nitrogens with one attached hydrogen (secondary N) is 1. The third kappa shape index (κ3) is 3.33. The van der Waals surface area contributed by atoms with Gasteiger partial charge in [-0.3, -0.25) is 24.1 Å². The number of amides is 3. The molecular weight excluding hydrogens is 320 g/mol. The maximum absolute atomic E-state index is 12.4. The Kier molecular flexibility index (Phi) is 4.43. The monoisotopic (exact) mass is 336 g/mol. The number of hydrogen-bond acceptors (Lipinski definition) is 4. The molecule has 0 saturated carbocycles. The van der Waals surface area contributed by atoms with Gasteiger partial charge in [0, 0.05) is 24.0 Å². The van der Waals surface area contributed by atoms with Crippen LogP contribution in [0.1, 0.15) is 40.5 Å². The molecule has 6 nitrogen and oxygen atoms in total. The lowest BCUT2D eigenvalue weighted by Crippen LogP contribution is -2.28. The Hall–Kier alpha value is -3.28. The van der Waals surface area contributed by atoms with E-state index in [1.165, 1.54) is 6.92 Å². The van der Waals surface area contributed by atoms with Gasteiger partial charge in [-0.25, -0.2) is 0 Å². The topological polar surface area (TPSA) is 83.6 Å². The van der Waals surface area contributed by atoms with Gasteiger partial charge in [-0.05, 0) is 43.3 Å². The highest BCUT2D eigenvalue weighted by molar-refractivity contribution is 6.20. The molecule has 126 valence electrons. The number of carbonyl (C=O) groups is 4. The predicted molar refractivity (Wildman–Crippen MR) is 92.6 cm³/mol. The zero-order valence-corrected chi connectivity index (χ0v) is 13.6. The molecule has 1 fully saturated rings. The summed E-state index contributed by atoms with van der Waals surface area (Å²) in [5, 5.41) is 2.71. The molecule has 0 bridgehead atoms. The zero-order valence-electron chi connectivity index (χ0n) is 13.6. The van der Waals surface area contributed by atoms with E-state index in [4.69, 9.17) is 0 Å². The van der Waals surface area contributed by atoms with E-state index in [0.717, 1.165) is 4.90 Å². The molecule has 0 radical (unpaired) electrons. The fourth-order valence-corrected chi connectivity index (χ4v) is 2.72. The number of carbonyl (C=O) groups excluding carboxylic acids is 4. The Balaban J connectivity index is 1.79. The highest BCUT2D eigenvalue weighted by Crippen LogP contribution is 2.23. The van der Waals surface area contributed by atoms with E-state index in [2.05, 4.69) is 5.32 Å². The first-order valence-electron chi connectivity index (χ1n) is 7.84. The minimum absolute atomic E-state index is 0.141. The smallest absolute Gasteiger partial charge is 0.255 e. The fourth-order valence-electron chi connectivity index (χ4n) is 2.72. The molecule has 3 amide bonds. The van der Waals surface area contributed by atoms with E-state index in [0.29, 0.717) is 22.5 Å². The average molecular weight is 336 g/mol. The van der Waals surface area contributed by atoms with Crippen LogP contribution in [-0.4, -0.2) is 23.5 Å². The summed E-state index contributed by atoms with van der Waals surface area (Å²) in [7, 11) is 0. The van der Waals surface area contributed by atoms with Crippen LogP contribution < -0.4 is 10.2 Å². The highest BCUT2D eigenvalue weighted by atomic mass is 16.2. The van der Waals surface area contributed by atoms with Gasteiger partial charge in [0.25, 0.3) is 5.91 Å². The Bertz CT molecular complexity index is 855. The van der Waals surface area contributed by atoms with Gasteiger partial charge in [-0.15, -0.1) is 0 Å². The molecular formula is C19H16N2O4. The molecule has 0 unspecified atom stereocenters. The van der Waals surface area contributed by atoms with Gasteiger partial charge < -0.3 is 5.32 Å². The summed E-state index contributed by atoms with van der Waals surface area (Å²) >= 11 is 0. The van der Waals surface area contributed by atoms with Gasteiger partial charge >= 0.3 is 0 Å². The second kappa shape index (κ2) is 6.68. The average Bonchev–Trinajstić information content (AvgIpc) is 2.94. The molecule has 0 atom stereocenters. The number of anilines is 2.